The van der Waals surface area contributed by atoms with Gasteiger partial charge >= 0.3 is 6.03 Å². The number of aromatic nitrogens is 5. The van der Waals surface area contributed by atoms with Crippen LogP contribution in [0.3, 0.4) is 0 Å². The summed E-state index contributed by atoms with van der Waals surface area (Å²) >= 11 is 0. The summed E-state index contributed by atoms with van der Waals surface area (Å²) in [6, 6.07) is 5.11. The molecule has 0 spiro atoms. The molecule has 1 fully saturated rings. The fourth-order valence-electron chi connectivity index (χ4n) is 4.38. The predicted molar refractivity (Wildman–Crippen MR) is 124 cm³/mol. The van der Waals surface area contributed by atoms with Gasteiger partial charge in [-0.1, -0.05) is 0 Å². The normalized spacial score (nSPS) is 17.5. The molecule has 5 rings (SSSR count). The van der Waals surface area contributed by atoms with Gasteiger partial charge in [0.05, 0.1) is 23.9 Å². The average Bonchev–Trinajstić information content (AvgIpc) is 3.50. The van der Waals surface area contributed by atoms with Crippen molar-refractivity contribution in [2.75, 3.05) is 31.1 Å². The number of rotatable bonds is 3. The fourth-order valence-corrected chi connectivity index (χ4v) is 4.38. The molecule has 4 heterocycles. The van der Waals surface area contributed by atoms with E-state index < -0.39 is 17.7 Å². The summed E-state index contributed by atoms with van der Waals surface area (Å²) in [5, 5.41) is 18.9. The highest BCUT2D eigenvalue weighted by Crippen LogP contribution is 2.31. The number of piperazine rings is 1. The maximum Gasteiger partial charge on any atom is 0.341 e. The molecule has 0 unspecified atom stereocenters. The van der Waals surface area contributed by atoms with E-state index in [1.165, 1.54) is 15.8 Å². The minimum Gasteiger partial charge on any atom is -0.350 e. The molecule has 1 saturated heterocycles. The van der Waals surface area contributed by atoms with Crippen LogP contribution in [0.5, 0.6) is 0 Å². The van der Waals surface area contributed by atoms with Crippen LogP contribution in [0.2, 0.25) is 0 Å². The Kier molecular flexibility index (Phi) is 6.01. The fraction of sp³-hybridized carbons (Fsp3) is 0.348. The van der Waals surface area contributed by atoms with E-state index in [1.54, 1.807) is 35.9 Å². The number of urea groups is 1. The van der Waals surface area contributed by atoms with Gasteiger partial charge < -0.3 is 9.80 Å². The van der Waals surface area contributed by atoms with E-state index >= 15 is 0 Å². The van der Waals surface area contributed by atoms with Gasteiger partial charge in [0.15, 0.2) is 11.6 Å². The van der Waals surface area contributed by atoms with Crippen molar-refractivity contribution in [2.45, 2.75) is 26.3 Å². The van der Waals surface area contributed by atoms with Crippen molar-refractivity contribution in [3.8, 4) is 12.0 Å². The molecule has 2 aliphatic heterocycles. The third-order valence-corrected chi connectivity index (χ3v) is 6.09. The highest BCUT2D eigenvalue weighted by Gasteiger charge is 2.34. The zero-order valence-corrected chi connectivity index (χ0v) is 19.6. The zero-order valence-electron chi connectivity index (χ0n) is 19.6. The molecule has 36 heavy (non-hydrogen) atoms. The first-order valence-electron chi connectivity index (χ1n) is 11.3. The van der Waals surface area contributed by atoms with Crippen LogP contribution in [0.4, 0.5) is 19.4 Å². The lowest BCUT2D eigenvalue weighted by atomic mass is 10.0. The highest BCUT2D eigenvalue weighted by molar-refractivity contribution is 5.79. The number of benzene rings is 1. The second-order valence-corrected chi connectivity index (χ2v) is 8.50. The van der Waals surface area contributed by atoms with E-state index in [-0.39, 0.29) is 23.4 Å². The number of carbonyl (C=O) groups is 1. The first-order valence-corrected chi connectivity index (χ1v) is 11.3. The lowest BCUT2D eigenvalue weighted by molar-refractivity contribution is 0.139. The molecule has 2 amide bonds. The second kappa shape index (κ2) is 9.29. The lowest BCUT2D eigenvalue weighted by Crippen LogP contribution is -2.52. The van der Waals surface area contributed by atoms with Crippen LogP contribution in [0, 0.1) is 36.8 Å². The Morgan fingerprint density at radius 1 is 1.11 bits per heavy atom. The molecule has 1 aromatic carbocycles. The van der Waals surface area contributed by atoms with Gasteiger partial charge in [0.1, 0.15) is 17.5 Å². The SMILES string of the molecule is Cc1nc(C)n(-c2ncc(F)c(N3CCN(C(=O)N4N=CC[C@H]4c4cc(F)cc(C#N)c4)CC3)n2)n1. The van der Waals surface area contributed by atoms with Crippen molar-refractivity contribution in [1.29, 1.82) is 5.26 Å². The van der Waals surface area contributed by atoms with Gasteiger partial charge in [-0.25, -0.2) is 28.6 Å². The van der Waals surface area contributed by atoms with Gasteiger partial charge in [0.25, 0.3) is 5.95 Å². The van der Waals surface area contributed by atoms with Crippen molar-refractivity contribution in [1.82, 2.24) is 34.6 Å². The average molecular weight is 492 g/mol. The van der Waals surface area contributed by atoms with E-state index in [0.29, 0.717) is 49.8 Å². The highest BCUT2D eigenvalue weighted by atomic mass is 19.1. The van der Waals surface area contributed by atoms with Crippen molar-refractivity contribution >= 4 is 18.1 Å². The molecule has 0 bridgehead atoms. The lowest BCUT2D eigenvalue weighted by Gasteiger charge is -2.37. The topological polar surface area (TPSA) is 119 Å². The first kappa shape index (κ1) is 23.3. The maximum absolute atomic E-state index is 14.6. The molecule has 0 saturated carbocycles. The Hall–Kier alpha value is -4.47. The zero-order chi connectivity index (χ0) is 25.4. The molecule has 0 aliphatic carbocycles. The van der Waals surface area contributed by atoms with Crippen LogP contribution in [-0.2, 0) is 0 Å². The minimum atomic E-state index is -0.573. The van der Waals surface area contributed by atoms with E-state index in [1.807, 2.05) is 6.07 Å². The standard InChI is InChI=1S/C23H22F2N10O/c1-14-29-15(2)34(31-14)22-27-13-19(25)21(30-22)32-5-7-33(8-6-32)23(36)35-20(3-4-28-35)17-9-16(12-26)10-18(24)11-17/h4,9-11,13,20H,3,5-8H2,1-2H3/t20-/m0/s1. The Morgan fingerprint density at radius 2 is 1.89 bits per heavy atom. The second-order valence-electron chi connectivity index (χ2n) is 8.50. The van der Waals surface area contributed by atoms with E-state index in [9.17, 15) is 13.6 Å². The van der Waals surface area contributed by atoms with Gasteiger partial charge in [0, 0.05) is 38.8 Å². The molecule has 11 nitrogen and oxygen atoms in total. The summed E-state index contributed by atoms with van der Waals surface area (Å²) in [7, 11) is 0. The van der Waals surface area contributed by atoms with Crippen LogP contribution in [0.1, 0.15) is 35.2 Å². The van der Waals surface area contributed by atoms with Gasteiger partial charge in [-0.2, -0.15) is 20.0 Å². The van der Waals surface area contributed by atoms with Crippen molar-refractivity contribution in [3.05, 3.63) is 58.8 Å². The third-order valence-electron chi connectivity index (χ3n) is 6.09. The summed E-state index contributed by atoms with van der Waals surface area (Å²) in [6.07, 6.45) is 3.11. The van der Waals surface area contributed by atoms with E-state index in [0.717, 1.165) is 12.3 Å². The predicted octanol–water partition coefficient (Wildman–Crippen LogP) is 2.50. The Morgan fingerprint density at radius 3 is 2.58 bits per heavy atom. The van der Waals surface area contributed by atoms with Gasteiger partial charge in [-0.05, 0) is 37.6 Å². The molecule has 0 N–H and O–H groups in total. The molecular weight excluding hydrogens is 470 g/mol. The number of hydrazone groups is 1. The van der Waals surface area contributed by atoms with Crippen LogP contribution < -0.4 is 4.90 Å². The molecule has 2 aromatic heterocycles. The quantitative estimate of drug-likeness (QED) is 0.551. The number of nitriles is 1. The van der Waals surface area contributed by atoms with Crippen LogP contribution in [-0.4, -0.2) is 73.1 Å². The minimum absolute atomic E-state index is 0.125. The Balaban J connectivity index is 1.29. The van der Waals surface area contributed by atoms with E-state index in [2.05, 4.69) is 25.2 Å². The van der Waals surface area contributed by atoms with Gasteiger partial charge in [-0.15, -0.1) is 5.10 Å². The molecule has 2 aliphatic rings. The van der Waals surface area contributed by atoms with Crippen molar-refractivity contribution in [3.63, 3.8) is 0 Å². The Labute approximate surface area is 205 Å². The number of anilines is 1. The number of aryl methyl sites for hydroxylation is 2. The summed E-state index contributed by atoms with van der Waals surface area (Å²) < 4.78 is 30.1. The summed E-state index contributed by atoms with van der Waals surface area (Å²) in [4.78, 5) is 29.3. The van der Waals surface area contributed by atoms with Gasteiger partial charge in [-0.3, -0.25) is 0 Å². The third kappa shape index (κ3) is 4.33. The number of hydrogen-bond acceptors (Lipinski definition) is 8. The molecule has 1 atom stereocenters. The van der Waals surface area contributed by atoms with Crippen LogP contribution in [0.25, 0.3) is 5.95 Å². The van der Waals surface area contributed by atoms with Crippen LogP contribution in [0.15, 0.2) is 29.5 Å². The van der Waals surface area contributed by atoms with Crippen molar-refractivity contribution < 1.29 is 13.6 Å². The first-order chi connectivity index (χ1) is 17.3. The smallest absolute Gasteiger partial charge is 0.341 e. The van der Waals surface area contributed by atoms with Crippen LogP contribution >= 0.6 is 0 Å². The molecule has 13 heteroatoms. The number of halogens is 2. The summed E-state index contributed by atoms with van der Waals surface area (Å²) in [6.45, 7) is 4.81. The van der Waals surface area contributed by atoms with E-state index in [4.69, 9.17) is 5.26 Å². The molecular formula is C23H22F2N10O. The number of amides is 2. The number of carbonyl (C=O) groups excluding carboxylic acids is 1. The number of hydrogen-bond donors (Lipinski definition) is 0. The van der Waals surface area contributed by atoms with Gasteiger partial charge in [0.2, 0.25) is 0 Å². The summed E-state index contributed by atoms with van der Waals surface area (Å²) in [5.74, 6) is 0.362. The number of nitrogens with zero attached hydrogens (tertiary/aromatic N) is 10. The monoisotopic (exact) mass is 492 g/mol. The molecule has 3 aromatic rings. The molecule has 184 valence electrons. The summed E-state index contributed by atoms with van der Waals surface area (Å²) in [5.41, 5.74) is 0.686. The van der Waals surface area contributed by atoms with Crippen molar-refractivity contribution in [2.24, 2.45) is 5.10 Å². The largest absolute Gasteiger partial charge is 0.350 e. The Bertz CT molecular complexity index is 1390. The maximum atomic E-state index is 14.6. The molecule has 0 radical (unpaired) electrons.